The predicted octanol–water partition coefficient (Wildman–Crippen LogP) is 2.61. The summed E-state index contributed by atoms with van der Waals surface area (Å²) in [6, 6.07) is 11.2. The summed E-state index contributed by atoms with van der Waals surface area (Å²) in [7, 11) is 2.13. The molecular weight excluding hydrogens is 300 g/mol. The Bertz CT molecular complexity index is 466. The number of benzene rings is 1. The first-order chi connectivity index (χ1) is 11.5. The lowest BCUT2D eigenvalue weighted by molar-refractivity contribution is -0.0199. The van der Waals surface area contributed by atoms with Crippen molar-refractivity contribution >= 4 is 0 Å². The van der Waals surface area contributed by atoms with Gasteiger partial charge in [-0.25, -0.2) is 0 Å². The number of hydrogen-bond acceptors (Lipinski definition) is 4. The summed E-state index contributed by atoms with van der Waals surface area (Å²) < 4.78 is 5.52. The standard InChI is InChI=1S/C20H34N2O2/c1-16(2)24-15-19(23)14-21(4)20-10-11-22(12-17(20)3)13-18-8-6-5-7-9-18/h5-9,16-17,19-20,23H,10-15H2,1-4H3. The molecule has 3 atom stereocenters. The lowest BCUT2D eigenvalue weighted by atomic mass is 9.92. The molecule has 1 aliphatic rings. The Balaban J connectivity index is 1.77. The van der Waals surface area contributed by atoms with Crippen LogP contribution in [0.1, 0.15) is 32.8 Å². The Labute approximate surface area is 147 Å². The smallest absolute Gasteiger partial charge is 0.0900 e. The van der Waals surface area contributed by atoms with Gasteiger partial charge in [0.1, 0.15) is 0 Å². The van der Waals surface area contributed by atoms with Gasteiger partial charge in [-0.15, -0.1) is 0 Å². The van der Waals surface area contributed by atoms with E-state index in [4.69, 9.17) is 4.74 Å². The van der Waals surface area contributed by atoms with E-state index in [0.717, 1.165) is 26.1 Å². The number of aliphatic hydroxyl groups is 1. The summed E-state index contributed by atoms with van der Waals surface area (Å²) in [6.45, 7) is 10.7. The van der Waals surface area contributed by atoms with Gasteiger partial charge in [0.05, 0.1) is 18.8 Å². The van der Waals surface area contributed by atoms with Crippen LogP contribution in [-0.2, 0) is 11.3 Å². The van der Waals surface area contributed by atoms with Crippen LogP contribution in [-0.4, -0.2) is 66.4 Å². The van der Waals surface area contributed by atoms with Crippen LogP contribution in [0.3, 0.4) is 0 Å². The van der Waals surface area contributed by atoms with Crippen LogP contribution in [0, 0.1) is 5.92 Å². The zero-order valence-electron chi connectivity index (χ0n) is 15.7. The van der Waals surface area contributed by atoms with Crippen LogP contribution in [0.15, 0.2) is 30.3 Å². The third-order valence-electron chi connectivity index (χ3n) is 4.88. The van der Waals surface area contributed by atoms with E-state index in [9.17, 15) is 5.11 Å². The molecule has 0 amide bonds. The monoisotopic (exact) mass is 334 g/mol. The fraction of sp³-hybridized carbons (Fsp3) is 0.700. The third-order valence-corrected chi connectivity index (χ3v) is 4.88. The van der Waals surface area contributed by atoms with Crippen LogP contribution < -0.4 is 0 Å². The molecule has 1 aromatic carbocycles. The average Bonchev–Trinajstić information content (AvgIpc) is 2.54. The van der Waals surface area contributed by atoms with Gasteiger partial charge in [0, 0.05) is 25.7 Å². The van der Waals surface area contributed by atoms with Crippen LogP contribution in [0.4, 0.5) is 0 Å². The van der Waals surface area contributed by atoms with Crippen LogP contribution >= 0.6 is 0 Å². The summed E-state index contributed by atoms with van der Waals surface area (Å²) in [5, 5.41) is 10.2. The summed E-state index contributed by atoms with van der Waals surface area (Å²) >= 11 is 0. The SMILES string of the molecule is CC(C)OCC(O)CN(C)C1CCN(Cc2ccccc2)CC1C. The molecule has 24 heavy (non-hydrogen) atoms. The molecule has 2 rings (SSSR count). The summed E-state index contributed by atoms with van der Waals surface area (Å²) in [5.41, 5.74) is 1.39. The minimum Gasteiger partial charge on any atom is -0.389 e. The maximum atomic E-state index is 10.2. The highest BCUT2D eigenvalue weighted by atomic mass is 16.5. The molecule has 136 valence electrons. The highest BCUT2D eigenvalue weighted by Gasteiger charge is 2.29. The largest absolute Gasteiger partial charge is 0.389 e. The zero-order chi connectivity index (χ0) is 17.5. The molecule has 1 aliphatic heterocycles. The molecule has 1 N–H and O–H groups in total. The molecule has 4 nitrogen and oxygen atoms in total. The summed E-state index contributed by atoms with van der Waals surface area (Å²) in [5.74, 6) is 0.602. The van der Waals surface area contributed by atoms with E-state index in [1.807, 2.05) is 13.8 Å². The van der Waals surface area contributed by atoms with Crippen molar-refractivity contribution in [3.63, 3.8) is 0 Å². The normalized spacial score (nSPS) is 23.8. The van der Waals surface area contributed by atoms with Gasteiger partial charge in [-0.2, -0.15) is 0 Å². The molecule has 0 spiro atoms. The van der Waals surface area contributed by atoms with Crippen molar-refractivity contribution < 1.29 is 9.84 Å². The molecule has 1 heterocycles. The Hall–Kier alpha value is -0.940. The number of rotatable bonds is 8. The van der Waals surface area contributed by atoms with Crippen molar-refractivity contribution in [3.05, 3.63) is 35.9 Å². The van der Waals surface area contributed by atoms with E-state index in [1.165, 1.54) is 5.56 Å². The molecule has 0 aliphatic carbocycles. The molecule has 4 heteroatoms. The van der Waals surface area contributed by atoms with Gasteiger partial charge >= 0.3 is 0 Å². The molecule has 3 unspecified atom stereocenters. The van der Waals surface area contributed by atoms with Gasteiger partial charge in [-0.1, -0.05) is 37.3 Å². The number of nitrogens with zero attached hydrogens (tertiary/aromatic N) is 2. The average molecular weight is 335 g/mol. The summed E-state index contributed by atoms with van der Waals surface area (Å²) in [6.07, 6.45) is 0.916. The molecule has 1 saturated heterocycles. The minimum atomic E-state index is -0.410. The van der Waals surface area contributed by atoms with Crippen molar-refractivity contribution in [3.8, 4) is 0 Å². The Morgan fingerprint density at radius 1 is 1.29 bits per heavy atom. The molecule has 0 saturated carbocycles. The topological polar surface area (TPSA) is 35.9 Å². The number of aliphatic hydroxyl groups excluding tert-OH is 1. The van der Waals surface area contributed by atoms with Gasteiger partial charge in [0.15, 0.2) is 0 Å². The molecule has 0 aromatic heterocycles. The van der Waals surface area contributed by atoms with Gasteiger partial charge in [-0.05, 0) is 45.3 Å². The molecular formula is C20H34N2O2. The van der Waals surface area contributed by atoms with Crippen molar-refractivity contribution in [1.82, 2.24) is 9.80 Å². The van der Waals surface area contributed by atoms with Crippen LogP contribution in [0.25, 0.3) is 0 Å². The van der Waals surface area contributed by atoms with Gasteiger partial charge in [-0.3, -0.25) is 4.90 Å². The lowest BCUT2D eigenvalue weighted by Crippen LogP contribution is -2.50. The number of likely N-dealkylation sites (tertiary alicyclic amines) is 1. The second kappa shape index (κ2) is 9.52. The molecule has 0 bridgehead atoms. The van der Waals surface area contributed by atoms with Gasteiger partial charge in [0.25, 0.3) is 0 Å². The van der Waals surface area contributed by atoms with Crippen LogP contribution in [0.2, 0.25) is 0 Å². The van der Waals surface area contributed by atoms with Crippen molar-refractivity contribution in [1.29, 1.82) is 0 Å². The first kappa shape index (κ1) is 19.4. The Morgan fingerprint density at radius 2 is 2.00 bits per heavy atom. The first-order valence-corrected chi connectivity index (χ1v) is 9.22. The van der Waals surface area contributed by atoms with Crippen molar-refractivity contribution in [2.45, 2.75) is 52.0 Å². The van der Waals surface area contributed by atoms with E-state index in [-0.39, 0.29) is 6.10 Å². The summed E-state index contributed by atoms with van der Waals surface area (Å²) in [4.78, 5) is 4.86. The quantitative estimate of drug-likeness (QED) is 0.793. The fourth-order valence-corrected chi connectivity index (χ4v) is 3.68. The Kier molecular flexibility index (Phi) is 7.69. The minimum absolute atomic E-state index is 0.171. The van der Waals surface area contributed by atoms with E-state index in [0.29, 0.717) is 25.1 Å². The number of likely N-dealkylation sites (N-methyl/N-ethyl adjacent to an activating group) is 1. The fourth-order valence-electron chi connectivity index (χ4n) is 3.68. The first-order valence-electron chi connectivity index (χ1n) is 9.22. The number of ether oxygens (including phenoxy) is 1. The highest BCUT2D eigenvalue weighted by molar-refractivity contribution is 5.14. The predicted molar refractivity (Wildman–Crippen MR) is 99.0 cm³/mol. The number of piperidine rings is 1. The van der Waals surface area contributed by atoms with E-state index < -0.39 is 6.10 Å². The van der Waals surface area contributed by atoms with E-state index >= 15 is 0 Å². The van der Waals surface area contributed by atoms with Gasteiger partial charge in [0.2, 0.25) is 0 Å². The highest BCUT2D eigenvalue weighted by Crippen LogP contribution is 2.23. The molecule has 1 aromatic rings. The molecule has 1 fully saturated rings. The Morgan fingerprint density at radius 3 is 2.62 bits per heavy atom. The number of hydrogen-bond donors (Lipinski definition) is 1. The maximum absolute atomic E-state index is 10.2. The van der Waals surface area contributed by atoms with E-state index in [1.54, 1.807) is 0 Å². The zero-order valence-corrected chi connectivity index (χ0v) is 15.7. The second-order valence-electron chi connectivity index (χ2n) is 7.53. The van der Waals surface area contributed by atoms with Gasteiger partial charge < -0.3 is 14.7 Å². The molecule has 0 radical (unpaired) electrons. The third kappa shape index (κ3) is 6.17. The van der Waals surface area contributed by atoms with Crippen molar-refractivity contribution in [2.75, 3.05) is 33.3 Å². The van der Waals surface area contributed by atoms with E-state index in [2.05, 4.69) is 54.1 Å². The van der Waals surface area contributed by atoms with Crippen LogP contribution in [0.5, 0.6) is 0 Å². The second-order valence-corrected chi connectivity index (χ2v) is 7.53. The van der Waals surface area contributed by atoms with Crippen molar-refractivity contribution in [2.24, 2.45) is 5.92 Å². The lowest BCUT2D eigenvalue weighted by Gasteiger charge is -2.42. The maximum Gasteiger partial charge on any atom is 0.0900 e.